The standard InChI is InChI=1S/C21H21FN2O4/c1-2-14-7-9-16(10-8-14)24-12-15(11-20(24)26)21(27)28-13-19(25)23-18-6-4-3-5-17(18)22/h3-10,15H,2,11-13H2,1H3,(H,23,25)/t15-/m0/s1. The first-order valence-electron chi connectivity index (χ1n) is 9.08. The van der Waals surface area contributed by atoms with Crippen LogP contribution in [0.5, 0.6) is 0 Å². The van der Waals surface area contributed by atoms with Crippen LogP contribution >= 0.6 is 0 Å². The van der Waals surface area contributed by atoms with Crippen LogP contribution in [-0.2, 0) is 25.5 Å². The molecule has 0 spiro atoms. The number of anilines is 2. The minimum absolute atomic E-state index is 0.0151. The van der Waals surface area contributed by atoms with Crippen LogP contribution < -0.4 is 10.2 Å². The van der Waals surface area contributed by atoms with Gasteiger partial charge in [-0.15, -0.1) is 0 Å². The van der Waals surface area contributed by atoms with Gasteiger partial charge in [0.15, 0.2) is 6.61 Å². The zero-order valence-corrected chi connectivity index (χ0v) is 15.5. The van der Waals surface area contributed by atoms with Crippen molar-refractivity contribution < 1.29 is 23.5 Å². The average molecular weight is 384 g/mol. The van der Waals surface area contributed by atoms with Crippen LogP contribution in [0.15, 0.2) is 48.5 Å². The number of aryl methyl sites for hydroxylation is 1. The van der Waals surface area contributed by atoms with E-state index >= 15 is 0 Å². The van der Waals surface area contributed by atoms with Gasteiger partial charge in [-0.1, -0.05) is 31.2 Å². The molecule has 0 bridgehead atoms. The molecule has 1 aliphatic rings. The van der Waals surface area contributed by atoms with Crippen molar-refractivity contribution in [2.24, 2.45) is 5.92 Å². The zero-order chi connectivity index (χ0) is 20.1. The lowest BCUT2D eigenvalue weighted by Crippen LogP contribution is -2.28. The number of ether oxygens (including phenoxy) is 1. The first-order chi connectivity index (χ1) is 13.5. The number of hydrogen-bond acceptors (Lipinski definition) is 4. The van der Waals surface area contributed by atoms with Gasteiger partial charge in [0.1, 0.15) is 5.82 Å². The number of nitrogens with one attached hydrogen (secondary N) is 1. The molecule has 2 amide bonds. The van der Waals surface area contributed by atoms with Crippen LogP contribution in [-0.4, -0.2) is 30.9 Å². The number of benzene rings is 2. The maximum atomic E-state index is 13.5. The monoisotopic (exact) mass is 384 g/mol. The van der Waals surface area contributed by atoms with Crippen molar-refractivity contribution in [2.75, 3.05) is 23.4 Å². The third kappa shape index (κ3) is 4.54. The average Bonchev–Trinajstić information content (AvgIpc) is 3.10. The van der Waals surface area contributed by atoms with Gasteiger partial charge >= 0.3 is 5.97 Å². The molecule has 28 heavy (non-hydrogen) atoms. The van der Waals surface area contributed by atoms with E-state index in [1.807, 2.05) is 31.2 Å². The van der Waals surface area contributed by atoms with Crippen molar-refractivity contribution in [3.8, 4) is 0 Å². The normalized spacial score (nSPS) is 16.1. The lowest BCUT2D eigenvalue weighted by atomic mass is 10.1. The smallest absolute Gasteiger partial charge is 0.311 e. The Morgan fingerprint density at radius 1 is 1.18 bits per heavy atom. The van der Waals surface area contributed by atoms with E-state index in [9.17, 15) is 18.8 Å². The summed E-state index contributed by atoms with van der Waals surface area (Å²) in [5.74, 6) is -2.64. The number of hydrogen-bond donors (Lipinski definition) is 1. The fourth-order valence-corrected chi connectivity index (χ4v) is 3.03. The van der Waals surface area contributed by atoms with Gasteiger partial charge in [-0.05, 0) is 36.2 Å². The molecule has 1 N–H and O–H groups in total. The molecule has 3 rings (SSSR count). The fourth-order valence-electron chi connectivity index (χ4n) is 3.03. The molecule has 0 aliphatic carbocycles. The van der Waals surface area contributed by atoms with Crippen molar-refractivity contribution in [3.63, 3.8) is 0 Å². The number of nitrogens with zero attached hydrogens (tertiary/aromatic N) is 1. The van der Waals surface area contributed by atoms with E-state index in [1.165, 1.54) is 18.2 Å². The second-order valence-corrected chi connectivity index (χ2v) is 6.56. The Balaban J connectivity index is 1.52. The number of carbonyl (C=O) groups excluding carboxylic acids is 3. The van der Waals surface area contributed by atoms with E-state index in [4.69, 9.17) is 4.74 Å². The molecule has 1 atom stereocenters. The highest BCUT2D eigenvalue weighted by molar-refractivity contribution is 6.00. The van der Waals surface area contributed by atoms with Crippen molar-refractivity contribution in [3.05, 3.63) is 59.9 Å². The number of amides is 2. The summed E-state index contributed by atoms with van der Waals surface area (Å²) in [4.78, 5) is 37.9. The van der Waals surface area contributed by atoms with E-state index in [-0.39, 0.29) is 24.6 Å². The summed E-state index contributed by atoms with van der Waals surface area (Å²) in [5, 5.41) is 2.34. The van der Waals surface area contributed by atoms with Crippen molar-refractivity contribution in [2.45, 2.75) is 19.8 Å². The van der Waals surface area contributed by atoms with Gasteiger partial charge in [-0.2, -0.15) is 0 Å². The molecular weight excluding hydrogens is 363 g/mol. The molecular formula is C21H21FN2O4. The second kappa shape index (κ2) is 8.65. The van der Waals surface area contributed by atoms with Gasteiger partial charge in [0.2, 0.25) is 5.91 Å². The van der Waals surface area contributed by atoms with Gasteiger partial charge in [-0.3, -0.25) is 14.4 Å². The lowest BCUT2D eigenvalue weighted by molar-refractivity contribution is -0.151. The predicted octanol–water partition coefficient (Wildman–Crippen LogP) is 2.92. The molecule has 1 aliphatic heterocycles. The van der Waals surface area contributed by atoms with Crippen LogP contribution in [0, 0.1) is 11.7 Å². The molecule has 1 heterocycles. The van der Waals surface area contributed by atoms with Crippen LogP contribution in [0.25, 0.3) is 0 Å². The third-order valence-corrected chi connectivity index (χ3v) is 4.61. The fraction of sp³-hybridized carbons (Fsp3) is 0.286. The second-order valence-electron chi connectivity index (χ2n) is 6.56. The number of para-hydroxylation sites is 1. The maximum absolute atomic E-state index is 13.5. The summed E-state index contributed by atoms with van der Waals surface area (Å²) in [6.07, 6.45) is 0.932. The summed E-state index contributed by atoms with van der Waals surface area (Å²) in [5.41, 5.74) is 1.91. The van der Waals surface area contributed by atoms with Crippen molar-refractivity contribution in [1.29, 1.82) is 0 Å². The van der Waals surface area contributed by atoms with Gasteiger partial charge in [-0.25, -0.2) is 4.39 Å². The summed E-state index contributed by atoms with van der Waals surface area (Å²) in [6.45, 7) is 1.71. The Kier molecular flexibility index (Phi) is 6.03. The molecule has 7 heteroatoms. The Morgan fingerprint density at radius 2 is 1.89 bits per heavy atom. The molecule has 146 valence electrons. The minimum Gasteiger partial charge on any atom is -0.455 e. The molecule has 1 fully saturated rings. The van der Waals surface area contributed by atoms with E-state index in [0.29, 0.717) is 0 Å². The minimum atomic E-state index is -0.644. The van der Waals surface area contributed by atoms with Crippen LogP contribution in [0.1, 0.15) is 18.9 Å². The molecule has 6 nitrogen and oxygen atoms in total. The maximum Gasteiger partial charge on any atom is 0.311 e. The molecule has 0 unspecified atom stereocenters. The molecule has 0 radical (unpaired) electrons. The zero-order valence-electron chi connectivity index (χ0n) is 15.5. The highest BCUT2D eigenvalue weighted by Crippen LogP contribution is 2.26. The van der Waals surface area contributed by atoms with Crippen LogP contribution in [0.4, 0.5) is 15.8 Å². The van der Waals surface area contributed by atoms with Crippen LogP contribution in [0.2, 0.25) is 0 Å². The Labute approximate surface area is 162 Å². The van der Waals surface area contributed by atoms with E-state index in [2.05, 4.69) is 5.32 Å². The number of esters is 1. The lowest BCUT2D eigenvalue weighted by Gasteiger charge is -2.17. The van der Waals surface area contributed by atoms with Crippen LogP contribution in [0.3, 0.4) is 0 Å². The van der Waals surface area contributed by atoms with Crippen molar-refractivity contribution >= 4 is 29.2 Å². The SMILES string of the molecule is CCc1ccc(N2C[C@@H](C(=O)OCC(=O)Nc3ccccc3F)CC2=O)cc1. The number of halogens is 1. The molecule has 0 saturated carbocycles. The van der Waals surface area contributed by atoms with Gasteiger partial charge in [0, 0.05) is 18.7 Å². The first-order valence-corrected chi connectivity index (χ1v) is 9.08. The highest BCUT2D eigenvalue weighted by Gasteiger charge is 2.36. The Bertz CT molecular complexity index is 882. The van der Waals surface area contributed by atoms with E-state index < -0.39 is 30.2 Å². The summed E-state index contributed by atoms with van der Waals surface area (Å²) >= 11 is 0. The molecule has 1 saturated heterocycles. The number of rotatable bonds is 6. The summed E-state index contributed by atoms with van der Waals surface area (Å²) < 4.78 is 18.5. The van der Waals surface area contributed by atoms with E-state index in [0.717, 1.165) is 17.7 Å². The Hall–Kier alpha value is -3.22. The number of carbonyl (C=O) groups is 3. The van der Waals surface area contributed by atoms with Gasteiger partial charge in [0.25, 0.3) is 5.91 Å². The topological polar surface area (TPSA) is 75.7 Å². The molecule has 2 aromatic carbocycles. The molecule has 0 aromatic heterocycles. The predicted molar refractivity (Wildman–Crippen MR) is 102 cm³/mol. The largest absolute Gasteiger partial charge is 0.455 e. The van der Waals surface area contributed by atoms with Crippen molar-refractivity contribution in [1.82, 2.24) is 0 Å². The van der Waals surface area contributed by atoms with E-state index in [1.54, 1.807) is 11.0 Å². The summed E-state index contributed by atoms with van der Waals surface area (Å²) in [7, 11) is 0. The third-order valence-electron chi connectivity index (χ3n) is 4.61. The summed E-state index contributed by atoms with van der Waals surface area (Å²) in [6, 6.07) is 13.3. The Morgan fingerprint density at radius 3 is 2.57 bits per heavy atom. The van der Waals surface area contributed by atoms with Gasteiger partial charge < -0.3 is 15.0 Å². The van der Waals surface area contributed by atoms with Gasteiger partial charge in [0.05, 0.1) is 11.6 Å². The first kappa shape index (κ1) is 19.5. The highest BCUT2D eigenvalue weighted by atomic mass is 19.1. The molecule has 2 aromatic rings. The quantitative estimate of drug-likeness (QED) is 0.777.